The van der Waals surface area contributed by atoms with Gasteiger partial charge in [-0.3, -0.25) is 4.79 Å². The first-order chi connectivity index (χ1) is 4.91. The van der Waals surface area contributed by atoms with Crippen LogP contribution in [0, 0.1) is 5.92 Å². The van der Waals surface area contributed by atoms with Gasteiger partial charge in [0.15, 0.2) is 0 Å². The largest absolute Gasteiger partial charge is 0.305 e. The third-order valence-corrected chi connectivity index (χ3v) is 1.45. The van der Waals surface area contributed by atoms with E-state index in [1.54, 1.807) is 6.92 Å². The highest BCUT2D eigenvalue weighted by Gasteiger charge is 2.38. The van der Waals surface area contributed by atoms with Gasteiger partial charge in [-0.05, 0) is 6.42 Å². The molecule has 0 radical (unpaired) electrons. The van der Waals surface area contributed by atoms with Crippen molar-refractivity contribution >= 4 is 5.78 Å². The van der Waals surface area contributed by atoms with E-state index in [1.807, 2.05) is 0 Å². The second-order valence-electron chi connectivity index (χ2n) is 2.97. The van der Waals surface area contributed by atoms with Crippen LogP contribution in [0.2, 0.25) is 0 Å². The second kappa shape index (κ2) is 3.79. The molecule has 0 heterocycles. The van der Waals surface area contributed by atoms with Gasteiger partial charge < -0.3 is 0 Å². The molecule has 0 rings (SSSR count). The van der Waals surface area contributed by atoms with Crippen LogP contribution in [-0.2, 0) is 4.79 Å². The Labute approximate surface area is 65.8 Å². The van der Waals surface area contributed by atoms with E-state index >= 15 is 0 Å². The Bertz CT molecular complexity index is 141. The smallest absolute Gasteiger partial charge is 0.293 e. The van der Waals surface area contributed by atoms with Crippen molar-refractivity contribution < 1.29 is 13.6 Å². The van der Waals surface area contributed by atoms with Crippen LogP contribution in [0.1, 0.15) is 33.6 Å². The van der Waals surface area contributed by atoms with Gasteiger partial charge in [0, 0.05) is 12.3 Å². The summed E-state index contributed by atoms with van der Waals surface area (Å²) >= 11 is 0. The SMILES string of the molecule is CCCC(F)(F)C(=O)C(C)C. The number of alkyl halides is 2. The molecule has 1 nitrogen and oxygen atoms in total. The van der Waals surface area contributed by atoms with Crippen LogP contribution in [0.3, 0.4) is 0 Å². The Kier molecular flexibility index (Phi) is 3.63. The van der Waals surface area contributed by atoms with Gasteiger partial charge in [-0.2, -0.15) is 8.78 Å². The molecule has 0 saturated carbocycles. The number of carbonyl (C=O) groups excluding carboxylic acids is 1. The van der Waals surface area contributed by atoms with Crippen molar-refractivity contribution in [2.75, 3.05) is 0 Å². The van der Waals surface area contributed by atoms with Crippen LogP contribution in [-0.4, -0.2) is 11.7 Å². The van der Waals surface area contributed by atoms with Crippen molar-refractivity contribution in [3.05, 3.63) is 0 Å². The van der Waals surface area contributed by atoms with E-state index in [0.29, 0.717) is 6.42 Å². The maximum absolute atomic E-state index is 12.7. The van der Waals surface area contributed by atoms with E-state index in [1.165, 1.54) is 13.8 Å². The van der Waals surface area contributed by atoms with Crippen molar-refractivity contribution in [1.82, 2.24) is 0 Å². The zero-order valence-corrected chi connectivity index (χ0v) is 7.16. The lowest BCUT2D eigenvalue weighted by Gasteiger charge is -2.15. The Morgan fingerprint density at radius 1 is 1.45 bits per heavy atom. The molecule has 0 unspecified atom stereocenters. The standard InChI is InChI=1S/C8H14F2O/c1-4-5-8(9,10)7(11)6(2)3/h6H,4-5H2,1-3H3. The lowest BCUT2D eigenvalue weighted by Crippen LogP contribution is -2.32. The van der Waals surface area contributed by atoms with Crippen LogP contribution in [0.5, 0.6) is 0 Å². The second-order valence-corrected chi connectivity index (χ2v) is 2.97. The summed E-state index contributed by atoms with van der Waals surface area (Å²) < 4.78 is 25.4. The monoisotopic (exact) mass is 164 g/mol. The normalized spacial score (nSPS) is 12.2. The molecular formula is C8H14F2O. The zero-order valence-electron chi connectivity index (χ0n) is 7.16. The summed E-state index contributed by atoms with van der Waals surface area (Å²) in [5.74, 6) is -4.63. The third kappa shape index (κ3) is 2.95. The zero-order chi connectivity index (χ0) is 9.07. The fraction of sp³-hybridized carbons (Fsp3) is 0.875. The van der Waals surface area contributed by atoms with Crippen LogP contribution in [0.15, 0.2) is 0 Å². The predicted molar refractivity (Wildman–Crippen MR) is 39.7 cm³/mol. The number of hydrogen-bond acceptors (Lipinski definition) is 1. The van der Waals surface area contributed by atoms with Gasteiger partial charge in [0.2, 0.25) is 5.78 Å². The van der Waals surface area contributed by atoms with E-state index < -0.39 is 17.6 Å². The highest BCUT2D eigenvalue weighted by atomic mass is 19.3. The molecule has 3 heteroatoms. The maximum atomic E-state index is 12.7. The molecule has 0 bridgehead atoms. The molecule has 0 fully saturated rings. The molecule has 0 spiro atoms. The minimum Gasteiger partial charge on any atom is -0.293 e. The molecule has 11 heavy (non-hydrogen) atoms. The Balaban J connectivity index is 4.17. The minimum atomic E-state index is -3.11. The average molecular weight is 164 g/mol. The number of rotatable bonds is 4. The summed E-state index contributed by atoms with van der Waals surface area (Å²) in [6, 6.07) is 0. The fourth-order valence-electron chi connectivity index (χ4n) is 0.860. The van der Waals surface area contributed by atoms with Crippen LogP contribution >= 0.6 is 0 Å². The van der Waals surface area contributed by atoms with E-state index in [9.17, 15) is 13.6 Å². The summed E-state index contributed by atoms with van der Waals surface area (Å²) in [6.07, 6.45) is 0.00940. The highest BCUT2D eigenvalue weighted by molar-refractivity contribution is 5.87. The van der Waals surface area contributed by atoms with E-state index in [2.05, 4.69) is 0 Å². The molecule has 0 N–H and O–H groups in total. The molecule has 0 aliphatic carbocycles. The van der Waals surface area contributed by atoms with Gasteiger partial charge in [0.05, 0.1) is 0 Å². The Morgan fingerprint density at radius 2 is 1.91 bits per heavy atom. The maximum Gasteiger partial charge on any atom is 0.305 e. The van der Waals surface area contributed by atoms with Gasteiger partial charge in [-0.15, -0.1) is 0 Å². The minimum absolute atomic E-state index is 0.329. The molecule has 0 aliphatic heterocycles. The predicted octanol–water partition coefficient (Wildman–Crippen LogP) is 2.65. The van der Waals surface area contributed by atoms with Gasteiger partial charge in [-0.1, -0.05) is 20.8 Å². The number of hydrogen-bond donors (Lipinski definition) is 0. The topological polar surface area (TPSA) is 17.1 Å². The summed E-state index contributed by atoms with van der Waals surface area (Å²) in [4.78, 5) is 10.8. The molecule has 0 aliphatic rings. The van der Waals surface area contributed by atoms with Gasteiger partial charge >= 0.3 is 5.92 Å². The van der Waals surface area contributed by atoms with Crippen molar-refractivity contribution in [3.8, 4) is 0 Å². The summed E-state index contributed by atoms with van der Waals surface area (Å²) in [6.45, 7) is 4.62. The van der Waals surface area contributed by atoms with Crippen LogP contribution in [0.25, 0.3) is 0 Å². The van der Waals surface area contributed by atoms with Gasteiger partial charge in [-0.25, -0.2) is 0 Å². The first-order valence-electron chi connectivity index (χ1n) is 3.84. The Hall–Kier alpha value is -0.470. The molecule has 0 amide bonds. The summed E-state index contributed by atoms with van der Waals surface area (Å²) in [7, 11) is 0. The highest BCUT2D eigenvalue weighted by Crippen LogP contribution is 2.24. The quantitative estimate of drug-likeness (QED) is 0.624. The third-order valence-electron chi connectivity index (χ3n) is 1.45. The van der Waals surface area contributed by atoms with Crippen LogP contribution in [0.4, 0.5) is 8.78 Å². The van der Waals surface area contributed by atoms with Crippen LogP contribution < -0.4 is 0 Å². The van der Waals surface area contributed by atoms with Gasteiger partial charge in [0.1, 0.15) is 0 Å². The van der Waals surface area contributed by atoms with E-state index in [-0.39, 0.29) is 6.42 Å². The molecule has 0 aromatic carbocycles. The fourth-order valence-corrected chi connectivity index (χ4v) is 0.860. The van der Waals surface area contributed by atoms with Crippen molar-refractivity contribution in [2.24, 2.45) is 5.92 Å². The molecule has 0 atom stereocenters. The number of carbonyl (C=O) groups is 1. The molecule has 0 aromatic heterocycles. The number of Topliss-reactive ketones (excluding diaryl/α,β-unsaturated/α-hetero) is 1. The molecular weight excluding hydrogens is 150 g/mol. The number of ketones is 1. The number of halogens is 2. The lowest BCUT2D eigenvalue weighted by atomic mass is 10.00. The molecule has 0 aromatic rings. The first-order valence-corrected chi connectivity index (χ1v) is 3.84. The van der Waals surface area contributed by atoms with Gasteiger partial charge in [0.25, 0.3) is 0 Å². The molecule has 0 saturated heterocycles. The van der Waals surface area contributed by atoms with E-state index in [4.69, 9.17) is 0 Å². The van der Waals surface area contributed by atoms with Crippen molar-refractivity contribution in [3.63, 3.8) is 0 Å². The first kappa shape index (κ1) is 10.5. The summed E-state index contributed by atoms with van der Waals surface area (Å²) in [5, 5.41) is 0. The van der Waals surface area contributed by atoms with Crippen molar-refractivity contribution in [1.29, 1.82) is 0 Å². The van der Waals surface area contributed by atoms with E-state index in [0.717, 1.165) is 0 Å². The summed E-state index contributed by atoms with van der Waals surface area (Å²) in [5.41, 5.74) is 0. The van der Waals surface area contributed by atoms with Crippen molar-refractivity contribution in [2.45, 2.75) is 39.5 Å². The Morgan fingerprint density at radius 3 is 2.18 bits per heavy atom. The average Bonchev–Trinajstić information content (AvgIpc) is 1.86. The molecule has 66 valence electrons. The lowest BCUT2D eigenvalue weighted by molar-refractivity contribution is -0.147.